The lowest BCUT2D eigenvalue weighted by Gasteiger charge is -2.34. The van der Waals surface area contributed by atoms with Crippen LogP contribution in [0.25, 0.3) is 0 Å². The minimum Gasteiger partial charge on any atom is -0.481 e. The van der Waals surface area contributed by atoms with Crippen molar-refractivity contribution in [3.8, 4) is 0 Å². The van der Waals surface area contributed by atoms with Crippen LogP contribution in [-0.4, -0.2) is 33.8 Å². The van der Waals surface area contributed by atoms with E-state index in [0.717, 1.165) is 11.1 Å². The molecule has 2 fully saturated rings. The van der Waals surface area contributed by atoms with E-state index in [0.29, 0.717) is 6.42 Å². The molecule has 0 unspecified atom stereocenters. The van der Waals surface area contributed by atoms with E-state index >= 15 is 0 Å². The topological polar surface area (TPSA) is 110 Å². The van der Waals surface area contributed by atoms with Gasteiger partial charge in [0.1, 0.15) is 11.6 Å². The fourth-order valence-electron chi connectivity index (χ4n) is 4.53. The van der Waals surface area contributed by atoms with Gasteiger partial charge in [-0.05, 0) is 23.5 Å². The third kappa shape index (κ3) is 2.81. The maximum Gasteiger partial charge on any atom is 0.326 e. The second-order valence-electron chi connectivity index (χ2n) is 7.35. The predicted octanol–water partition coefficient (Wildman–Crippen LogP) is 2.29. The van der Waals surface area contributed by atoms with Gasteiger partial charge < -0.3 is 20.7 Å². The van der Waals surface area contributed by atoms with E-state index in [2.05, 4.69) is 0 Å². The summed E-state index contributed by atoms with van der Waals surface area (Å²) in [7, 11) is 0. The molecule has 2 aliphatic rings. The number of ether oxygens (including phenoxy) is 1. The van der Waals surface area contributed by atoms with Crippen LogP contribution in [0.2, 0.25) is 0 Å². The van der Waals surface area contributed by atoms with Crippen molar-refractivity contribution < 1.29 is 24.5 Å². The van der Waals surface area contributed by atoms with E-state index in [-0.39, 0.29) is 5.92 Å². The van der Waals surface area contributed by atoms with Gasteiger partial charge in [0.2, 0.25) is 0 Å². The lowest BCUT2D eigenvalue weighted by molar-refractivity contribution is -0.153. The Labute approximate surface area is 156 Å². The van der Waals surface area contributed by atoms with Crippen LogP contribution in [0.15, 0.2) is 60.7 Å². The predicted molar refractivity (Wildman–Crippen MR) is 96.9 cm³/mol. The molecule has 2 aromatic carbocycles. The van der Waals surface area contributed by atoms with Gasteiger partial charge >= 0.3 is 11.9 Å². The summed E-state index contributed by atoms with van der Waals surface area (Å²) in [5.41, 5.74) is 6.37. The molecule has 2 aliphatic carbocycles. The van der Waals surface area contributed by atoms with Gasteiger partial charge in [0.15, 0.2) is 0 Å². The zero-order chi connectivity index (χ0) is 19.2. The van der Waals surface area contributed by atoms with Crippen LogP contribution >= 0.6 is 0 Å². The number of hydrogen-bond donors (Lipinski definition) is 3. The first kappa shape index (κ1) is 17.7. The molecule has 0 saturated heterocycles. The average molecular weight is 367 g/mol. The zero-order valence-electron chi connectivity index (χ0n) is 14.6. The molecule has 6 nitrogen and oxygen atoms in total. The first-order valence-electron chi connectivity index (χ1n) is 8.95. The number of nitrogens with two attached hydrogens (primary N) is 1. The van der Waals surface area contributed by atoms with Crippen molar-refractivity contribution in [2.24, 2.45) is 23.5 Å². The number of fused-ring (bicyclic) bond motifs is 1. The molecule has 4 N–H and O–H groups in total. The summed E-state index contributed by atoms with van der Waals surface area (Å²) in [6.45, 7) is 0. The number of aliphatic carboxylic acids is 2. The molecule has 2 saturated carbocycles. The van der Waals surface area contributed by atoms with Crippen LogP contribution in [0.4, 0.5) is 0 Å². The second-order valence-corrected chi connectivity index (χ2v) is 7.35. The normalized spacial score (nSPS) is 31.5. The van der Waals surface area contributed by atoms with Crippen LogP contribution in [0.5, 0.6) is 0 Å². The summed E-state index contributed by atoms with van der Waals surface area (Å²) in [6, 6.07) is 19.1. The molecule has 4 rings (SSSR count). The highest BCUT2D eigenvalue weighted by Crippen LogP contribution is 2.62. The Balaban J connectivity index is 1.66. The standard InChI is InChI=1S/C21H21NO5/c22-21(20(25)26)15(11-14-16(17(14)21)19(23)24)27-18(12-7-3-1-4-8-12)13-9-5-2-6-10-13/h1-10,14-18H,11,22H2,(H,23,24)(H,25,26)/t14-,15+,16-,17-,21-/m0/s1. The summed E-state index contributed by atoms with van der Waals surface area (Å²) >= 11 is 0. The summed E-state index contributed by atoms with van der Waals surface area (Å²) < 4.78 is 6.29. The molecule has 0 aromatic heterocycles. The Morgan fingerprint density at radius 1 is 1.00 bits per heavy atom. The van der Waals surface area contributed by atoms with Crippen molar-refractivity contribution in [2.45, 2.75) is 24.2 Å². The third-order valence-electron chi connectivity index (χ3n) is 5.90. The van der Waals surface area contributed by atoms with Crippen LogP contribution in [0.1, 0.15) is 23.7 Å². The highest BCUT2D eigenvalue weighted by Gasteiger charge is 2.74. The third-order valence-corrected chi connectivity index (χ3v) is 5.90. The van der Waals surface area contributed by atoms with Gasteiger partial charge in [0, 0.05) is 5.92 Å². The number of hydrogen-bond acceptors (Lipinski definition) is 4. The minimum atomic E-state index is -1.70. The first-order chi connectivity index (χ1) is 12.9. The minimum absolute atomic E-state index is 0.249. The Morgan fingerprint density at radius 3 is 1.96 bits per heavy atom. The first-order valence-corrected chi connectivity index (χ1v) is 8.95. The summed E-state index contributed by atoms with van der Waals surface area (Å²) in [5, 5.41) is 19.1. The maximum atomic E-state index is 12.0. The van der Waals surface area contributed by atoms with Crippen molar-refractivity contribution in [1.29, 1.82) is 0 Å². The molecule has 0 spiro atoms. The van der Waals surface area contributed by atoms with E-state index in [1.54, 1.807) is 0 Å². The fraction of sp³-hybridized carbons (Fsp3) is 0.333. The number of carboxylic acid groups (broad SMARTS) is 2. The van der Waals surface area contributed by atoms with Gasteiger partial charge in [-0.2, -0.15) is 0 Å². The number of carboxylic acids is 2. The van der Waals surface area contributed by atoms with Gasteiger partial charge in [0.05, 0.1) is 12.0 Å². The summed E-state index contributed by atoms with van der Waals surface area (Å²) in [4.78, 5) is 23.4. The van der Waals surface area contributed by atoms with Crippen molar-refractivity contribution in [3.63, 3.8) is 0 Å². The van der Waals surface area contributed by atoms with Gasteiger partial charge in [-0.25, -0.2) is 0 Å². The van der Waals surface area contributed by atoms with Crippen LogP contribution in [0.3, 0.4) is 0 Å². The SMILES string of the molecule is N[C@]1(C(=O)O)[C@H]2[C@@H](C[C@H]1OC(c1ccccc1)c1ccccc1)[C@@H]2C(=O)O. The van der Waals surface area contributed by atoms with Gasteiger partial charge in [-0.15, -0.1) is 0 Å². The molecule has 6 heteroatoms. The highest BCUT2D eigenvalue weighted by molar-refractivity contribution is 5.86. The Morgan fingerprint density at radius 2 is 1.52 bits per heavy atom. The smallest absolute Gasteiger partial charge is 0.326 e. The molecular weight excluding hydrogens is 346 g/mol. The summed E-state index contributed by atoms with van der Waals surface area (Å²) in [6.07, 6.45) is -0.896. The molecule has 5 atom stereocenters. The second kappa shape index (κ2) is 6.48. The molecule has 2 aromatic rings. The Kier molecular flexibility index (Phi) is 4.25. The molecule has 140 valence electrons. The highest BCUT2D eigenvalue weighted by atomic mass is 16.5. The van der Waals surface area contributed by atoms with Crippen LogP contribution in [-0.2, 0) is 14.3 Å². The lowest BCUT2D eigenvalue weighted by Crippen LogP contribution is -2.59. The van der Waals surface area contributed by atoms with Crippen LogP contribution in [0, 0.1) is 17.8 Å². The molecule has 0 radical (unpaired) electrons. The molecule has 0 bridgehead atoms. The van der Waals surface area contributed by atoms with E-state index in [9.17, 15) is 19.8 Å². The van der Waals surface area contributed by atoms with E-state index < -0.39 is 41.5 Å². The van der Waals surface area contributed by atoms with Crippen molar-refractivity contribution in [2.75, 3.05) is 0 Å². The van der Waals surface area contributed by atoms with Gasteiger partial charge in [0.25, 0.3) is 0 Å². The molecule has 0 aliphatic heterocycles. The maximum absolute atomic E-state index is 12.0. The quantitative estimate of drug-likeness (QED) is 0.723. The van der Waals surface area contributed by atoms with E-state index in [1.165, 1.54) is 0 Å². The zero-order valence-corrected chi connectivity index (χ0v) is 14.6. The summed E-state index contributed by atoms with van der Waals surface area (Å²) in [5.74, 6) is -3.73. The lowest BCUT2D eigenvalue weighted by atomic mass is 9.88. The molecule has 0 amide bonds. The van der Waals surface area contributed by atoms with Crippen molar-refractivity contribution in [1.82, 2.24) is 0 Å². The fourth-order valence-corrected chi connectivity index (χ4v) is 4.53. The largest absolute Gasteiger partial charge is 0.481 e. The van der Waals surface area contributed by atoms with Crippen LogP contribution < -0.4 is 5.73 Å². The van der Waals surface area contributed by atoms with E-state index in [1.807, 2.05) is 60.7 Å². The van der Waals surface area contributed by atoms with Crippen molar-refractivity contribution >= 4 is 11.9 Å². The number of carbonyl (C=O) groups is 2. The van der Waals surface area contributed by atoms with E-state index in [4.69, 9.17) is 10.5 Å². The Bertz CT molecular complexity index is 816. The van der Waals surface area contributed by atoms with Gasteiger partial charge in [-0.3, -0.25) is 9.59 Å². The van der Waals surface area contributed by atoms with Gasteiger partial charge in [-0.1, -0.05) is 60.7 Å². The number of benzene rings is 2. The Hall–Kier alpha value is -2.70. The molecular formula is C21H21NO5. The van der Waals surface area contributed by atoms with Crippen molar-refractivity contribution in [3.05, 3.63) is 71.8 Å². The molecule has 0 heterocycles. The molecule has 27 heavy (non-hydrogen) atoms. The number of rotatable bonds is 6. The monoisotopic (exact) mass is 367 g/mol. The average Bonchev–Trinajstić information content (AvgIpc) is 3.33.